The first-order valence-electron chi connectivity index (χ1n) is 5.33. The lowest BCUT2D eigenvalue weighted by molar-refractivity contribution is 0.616. The minimum absolute atomic E-state index is 0.321. The highest BCUT2D eigenvalue weighted by Gasteiger charge is 2.18. The number of aryl methyl sites for hydroxylation is 1. The predicted octanol–water partition coefficient (Wildman–Crippen LogP) is 2.64. The molecule has 0 radical (unpaired) electrons. The van der Waals surface area contributed by atoms with E-state index in [9.17, 15) is 0 Å². The van der Waals surface area contributed by atoms with E-state index in [0.717, 1.165) is 11.3 Å². The van der Waals surface area contributed by atoms with E-state index < -0.39 is 0 Å². The Hall–Kier alpha value is -1.20. The molecule has 1 aromatic heterocycles. The number of nitrogens with two attached hydrogens (primary N) is 1. The minimum Gasteiger partial charge on any atom is -0.271 e. The smallest absolute Gasteiger partial charge is 0.125 e. The third kappa shape index (κ3) is 2.62. The highest BCUT2D eigenvalue weighted by molar-refractivity contribution is 6.42. The zero-order valence-electron chi connectivity index (χ0n) is 9.69. The first-order chi connectivity index (χ1) is 8.63. The molecule has 2 aromatic rings. The van der Waals surface area contributed by atoms with Crippen molar-refractivity contribution in [3.05, 3.63) is 57.6 Å². The monoisotopic (exact) mass is 282 g/mol. The molecule has 0 bridgehead atoms. The molecular formula is C12H12Cl2N4. The van der Waals surface area contributed by atoms with Gasteiger partial charge in [-0.3, -0.25) is 5.84 Å². The molecule has 0 fully saturated rings. The number of hydrazine groups is 1. The summed E-state index contributed by atoms with van der Waals surface area (Å²) in [7, 11) is 0. The highest BCUT2D eigenvalue weighted by atomic mass is 35.5. The van der Waals surface area contributed by atoms with Crippen LogP contribution in [0.5, 0.6) is 0 Å². The molecule has 0 spiro atoms. The van der Waals surface area contributed by atoms with Crippen molar-refractivity contribution in [1.82, 2.24) is 15.4 Å². The van der Waals surface area contributed by atoms with Crippen LogP contribution in [-0.4, -0.2) is 9.97 Å². The number of aromatic nitrogens is 2. The summed E-state index contributed by atoms with van der Waals surface area (Å²) in [6, 6.07) is 6.87. The summed E-state index contributed by atoms with van der Waals surface area (Å²) in [5.74, 6) is 6.27. The second-order valence-electron chi connectivity index (χ2n) is 3.77. The van der Waals surface area contributed by atoms with Crippen molar-refractivity contribution < 1.29 is 0 Å². The largest absolute Gasteiger partial charge is 0.271 e. The van der Waals surface area contributed by atoms with Gasteiger partial charge in [0.2, 0.25) is 0 Å². The number of halogens is 2. The van der Waals surface area contributed by atoms with Crippen molar-refractivity contribution in [2.24, 2.45) is 5.84 Å². The van der Waals surface area contributed by atoms with E-state index in [1.54, 1.807) is 18.3 Å². The predicted molar refractivity (Wildman–Crippen MR) is 72.4 cm³/mol. The Morgan fingerprint density at radius 2 is 2.06 bits per heavy atom. The maximum absolute atomic E-state index is 6.19. The van der Waals surface area contributed by atoms with Gasteiger partial charge in [-0.05, 0) is 24.6 Å². The number of rotatable bonds is 3. The summed E-state index contributed by atoms with van der Waals surface area (Å²) < 4.78 is 0. The molecule has 94 valence electrons. The van der Waals surface area contributed by atoms with Crippen LogP contribution in [0.1, 0.15) is 23.1 Å². The molecule has 0 amide bonds. The normalized spacial score (nSPS) is 12.4. The number of nitrogens with zero attached hydrogens (tertiary/aromatic N) is 2. The van der Waals surface area contributed by atoms with Crippen molar-refractivity contribution in [3.63, 3.8) is 0 Å². The van der Waals surface area contributed by atoms with E-state index >= 15 is 0 Å². The molecule has 0 saturated carbocycles. The zero-order chi connectivity index (χ0) is 13.1. The van der Waals surface area contributed by atoms with Gasteiger partial charge >= 0.3 is 0 Å². The van der Waals surface area contributed by atoms with Crippen LogP contribution < -0.4 is 11.3 Å². The van der Waals surface area contributed by atoms with Crippen molar-refractivity contribution in [2.45, 2.75) is 13.0 Å². The molecule has 1 unspecified atom stereocenters. The summed E-state index contributed by atoms with van der Waals surface area (Å²) in [6.07, 6.45) is 1.68. The van der Waals surface area contributed by atoms with Gasteiger partial charge in [0.05, 0.1) is 21.8 Å². The van der Waals surface area contributed by atoms with Crippen LogP contribution in [-0.2, 0) is 0 Å². The van der Waals surface area contributed by atoms with Gasteiger partial charge in [0.25, 0.3) is 0 Å². The van der Waals surface area contributed by atoms with Gasteiger partial charge in [-0.1, -0.05) is 35.3 Å². The van der Waals surface area contributed by atoms with E-state index in [2.05, 4.69) is 15.4 Å². The van der Waals surface area contributed by atoms with Crippen molar-refractivity contribution in [3.8, 4) is 0 Å². The van der Waals surface area contributed by atoms with Gasteiger partial charge in [0.1, 0.15) is 5.82 Å². The van der Waals surface area contributed by atoms with E-state index in [1.807, 2.05) is 19.1 Å². The molecule has 2 rings (SSSR count). The van der Waals surface area contributed by atoms with Crippen molar-refractivity contribution in [1.29, 1.82) is 0 Å². The number of nitrogens with one attached hydrogen (secondary N) is 1. The molecule has 4 nitrogen and oxygen atoms in total. The van der Waals surface area contributed by atoms with Crippen LogP contribution in [0.4, 0.5) is 0 Å². The molecule has 3 N–H and O–H groups in total. The molecule has 1 heterocycles. The van der Waals surface area contributed by atoms with E-state index in [0.29, 0.717) is 15.9 Å². The van der Waals surface area contributed by atoms with Crippen LogP contribution in [0.25, 0.3) is 0 Å². The molecule has 18 heavy (non-hydrogen) atoms. The van der Waals surface area contributed by atoms with Crippen LogP contribution in [0.15, 0.2) is 30.5 Å². The molecule has 0 saturated heterocycles. The Balaban J connectivity index is 2.49. The molecule has 1 aromatic carbocycles. The minimum atomic E-state index is -0.321. The highest BCUT2D eigenvalue weighted by Crippen LogP contribution is 2.32. The third-order valence-electron chi connectivity index (χ3n) is 2.55. The van der Waals surface area contributed by atoms with E-state index in [1.165, 1.54) is 0 Å². The second kappa shape index (κ2) is 5.63. The molecule has 6 heteroatoms. The molecule has 0 aliphatic heterocycles. The zero-order valence-corrected chi connectivity index (χ0v) is 11.2. The average molecular weight is 283 g/mol. The summed E-state index contributed by atoms with van der Waals surface area (Å²) in [4.78, 5) is 8.39. The van der Waals surface area contributed by atoms with Crippen LogP contribution >= 0.6 is 23.2 Å². The van der Waals surface area contributed by atoms with Gasteiger partial charge in [-0.15, -0.1) is 0 Å². The van der Waals surface area contributed by atoms with Crippen molar-refractivity contribution >= 4 is 23.2 Å². The topological polar surface area (TPSA) is 63.8 Å². The van der Waals surface area contributed by atoms with Crippen LogP contribution in [0.3, 0.4) is 0 Å². The van der Waals surface area contributed by atoms with Gasteiger partial charge in [0, 0.05) is 6.20 Å². The number of hydrogen-bond acceptors (Lipinski definition) is 4. The molecular weight excluding hydrogens is 271 g/mol. The molecule has 0 aliphatic rings. The van der Waals surface area contributed by atoms with Crippen LogP contribution in [0.2, 0.25) is 10.0 Å². The van der Waals surface area contributed by atoms with Gasteiger partial charge in [-0.25, -0.2) is 15.4 Å². The quantitative estimate of drug-likeness (QED) is 0.671. The van der Waals surface area contributed by atoms with Crippen LogP contribution in [0, 0.1) is 6.92 Å². The maximum Gasteiger partial charge on any atom is 0.125 e. The lowest BCUT2D eigenvalue weighted by atomic mass is 10.0. The Morgan fingerprint density at radius 1 is 1.28 bits per heavy atom. The second-order valence-corrected chi connectivity index (χ2v) is 4.56. The van der Waals surface area contributed by atoms with E-state index in [4.69, 9.17) is 29.0 Å². The third-order valence-corrected chi connectivity index (χ3v) is 3.39. The summed E-state index contributed by atoms with van der Waals surface area (Å²) >= 11 is 12.2. The summed E-state index contributed by atoms with van der Waals surface area (Å²) in [5.41, 5.74) is 4.22. The molecule has 1 atom stereocenters. The fourth-order valence-electron chi connectivity index (χ4n) is 1.71. The standard InChI is InChI=1S/C12H12Cl2N4/c1-7-16-6-5-10(17-7)12(18-15)8-3-2-4-9(13)11(8)14/h2-6,12,18H,15H2,1H3. The Labute approximate surface area is 115 Å². The lowest BCUT2D eigenvalue weighted by Gasteiger charge is -2.17. The number of benzene rings is 1. The fraction of sp³-hybridized carbons (Fsp3) is 0.167. The Morgan fingerprint density at radius 3 is 2.72 bits per heavy atom. The van der Waals surface area contributed by atoms with E-state index in [-0.39, 0.29) is 6.04 Å². The Kier molecular flexibility index (Phi) is 4.14. The summed E-state index contributed by atoms with van der Waals surface area (Å²) in [6.45, 7) is 1.82. The SMILES string of the molecule is Cc1nccc(C(NN)c2cccc(Cl)c2Cl)n1. The average Bonchev–Trinajstić information content (AvgIpc) is 2.35. The van der Waals surface area contributed by atoms with Gasteiger partial charge < -0.3 is 0 Å². The maximum atomic E-state index is 6.19. The first kappa shape index (κ1) is 13.2. The Bertz CT molecular complexity index is 560. The molecule has 0 aliphatic carbocycles. The van der Waals surface area contributed by atoms with Crippen molar-refractivity contribution in [2.75, 3.05) is 0 Å². The summed E-state index contributed by atoms with van der Waals surface area (Å²) in [5, 5.41) is 0.957. The lowest BCUT2D eigenvalue weighted by Crippen LogP contribution is -2.30. The van der Waals surface area contributed by atoms with Gasteiger partial charge in [0.15, 0.2) is 0 Å². The van der Waals surface area contributed by atoms with Gasteiger partial charge in [-0.2, -0.15) is 0 Å². The first-order valence-corrected chi connectivity index (χ1v) is 6.08. The number of hydrogen-bond donors (Lipinski definition) is 2. The fourth-order valence-corrected chi connectivity index (χ4v) is 2.13.